The smallest absolute Gasteiger partial charge is 0.243 e. The van der Waals surface area contributed by atoms with Crippen LogP contribution in [0.1, 0.15) is 40.5 Å². The molecule has 0 aromatic carbocycles. The molecule has 0 radical (unpaired) electrons. The number of amides is 1. The molecule has 1 saturated heterocycles. The minimum Gasteiger partial charge on any atom is -0.324 e. The van der Waals surface area contributed by atoms with Crippen LogP contribution >= 0.6 is 0 Å². The van der Waals surface area contributed by atoms with Crippen LogP contribution in [0.5, 0.6) is 0 Å². The van der Waals surface area contributed by atoms with E-state index >= 15 is 0 Å². The van der Waals surface area contributed by atoms with Gasteiger partial charge in [0.15, 0.2) is 0 Å². The van der Waals surface area contributed by atoms with E-state index in [9.17, 15) is 9.00 Å². The summed E-state index contributed by atoms with van der Waals surface area (Å²) >= 11 is 0. The summed E-state index contributed by atoms with van der Waals surface area (Å²) in [7, 11) is -0.887. The summed E-state index contributed by atoms with van der Waals surface area (Å²) < 4.78 is 11.4. The van der Waals surface area contributed by atoms with Gasteiger partial charge in [0.05, 0.1) is 11.7 Å². The van der Waals surface area contributed by atoms with E-state index in [1.807, 2.05) is 25.7 Å². The monoisotopic (exact) mass is 260 g/mol. The zero-order chi connectivity index (χ0) is 13.2. The lowest BCUT2D eigenvalue weighted by Gasteiger charge is -2.25. The van der Waals surface area contributed by atoms with Crippen molar-refractivity contribution in [2.75, 3.05) is 12.8 Å². The van der Waals surface area contributed by atoms with Crippen molar-refractivity contribution in [2.24, 2.45) is 0 Å². The molecule has 1 fully saturated rings. The first-order valence-electron chi connectivity index (χ1n) is 6.26. The van der Waals surface area contributed by atoms with E-state index in [2.05, 4.69) is 12.2 Å². The zero-order valence-electron chi connectivity index (χ0n) is 11.4. The number of nitrogens with zero attached hydrogens (tertiary/aromatic N) is 1. The molecular weight excluding hydrogens is 236 g/mol. The third-order valence-electron chi connectivity index (χ3n) is 3.71. The zero-order valence-corrected chi connectivity index (χ0v) is 12.3. The second-order valence-electron chi connectivity index (χ2n) is 5.02. The fourth-order valence-corrected chi connectivity index (χ4v) is 2.50. The molecule has 1 rings (SSSR count). The van der Waals surface area contributed by atoms with Gasteiger partial charge < -0.3 is 4.90 Å². The van der Waals surface area contributed by atoms with E-state index in [1.165, 1.54) is 0 Å². The van der Waals surface area contributed by atoms with E-state index < -0.39 is 16.3 Å². The molecule has 1 aliphatic rings. The average Bonchev–Trinajstić information content (AvgIpc) is 2.54. The molecule has 1 heterocycles. The Morgan fingerprint density at radius 3 is 2.53 bits per heavy atom. The summed E-state index contributed by atoms with van der Waals surface area (Å²) in [5.41, 5.74) is -0.449. The maximum atomic E-state index is 12.4. The Labute approximate surface area is 107 Å². The predicted molar refractivity (Wildman–Crippen MR) is 71.2 cm³/mol. The largest absolute Gasteiger partial charge is 0.324 e. The van der Waals surface area contributed by atoms with Gasteiger partial charge in [0.25, 0.3) is 0 Å². The Morgan fingerprint density at radius 2 is 2.12 bits per heavy atom. The van der Waals surface area contributed by atoms with Gasteiger partial charge in [0.2, 0.25) is 5.91 Å². The summed E-state index contributed by atoms with van der Waals surface area (Å²) in [6, 6.07) is 0. The lowest BCUT2D eigenvalue weighted by Crippen LogP contribution is -2.44. The summed E-state index contributed by atoms with van der Waals surface area (Å²) in [6.45, 7) is 8.53. The number of hydrogen-bond donors (Lipinski definition) is 1. The molecule has 17 heavy (non-hydrogen) atoms. The topological polar surface area (TPSA) is 49.4 Å². The van der Waals surface area contributed by atoms with Gasteiger partial charge in [-0.2, -0.15) is 0 Å². The van der Waals surface area contributed by atoms with Crippen molar-refractivity contribution >= 4 is 16.7 Å². The molecule has 4 unspecified atom stereocenters. The van der Waals surface area contributed by atoms with Gasteiger partial charge in [0.1, 0.15) is 0 Å². The van der Waals surface area contributed by atoms with Crippen molar-refractivity contribution in [3.63, 3.8) is 0 Å². The van der Waals surface area contributed by atoms with Gasteiger partial charge in [-0.1, -0.05) is 13.8 Å². The van der Waals surface area contributed by atoms with Gasteiger partial charge in [-0.15, -0.1) is 0 Å². The standard InChI is InChI=1S/C12H24N2O2S/c1-6-10-13-12(4,7-2)11(15)14(10)8-9(3)17(5)16/h9-10,13H,6-8H2,1-5H3. The Bertz CT molecular complexity index is 322. The molecule has 0 saturated carbocycles. The number of nitrogens with one attached hydrogen (secondary N) is 1. The summed E-state index contributed by atoms with van der Waals surface area (Å²) in [6.07, 6.45) is 3.43. The third-order valence-corrected chi connectivity index (χ3v) is 4.99. The van der Waals surface area contributed by atoms with E-state index in [1.54, 1.807) is 6.26 Å². The highest BCUT2D eigenvalue weighted by atomic mass is 32.2. The molecule has 0 spiro atoms. The minimum absolute atomic E-state index is 0.0222. The van der Waals surface area contributed by atoms with Crippen LogP contribution in [0.15, 0.2) is 0 Å². The van der Waals surface area contributed by atoms with Crippen molar-refractivity contribution in [1.29, 1.82) is 0 Å². The van der Waals surface area contributed by atoms with Crippen LogP contribution in [-0.2, 0) is 15.6 Å². The molecule has 4 nitrogen and oxygen atoms in total. The van der Waals surface area contributed by atoms with Gasteiger partial charge in [-0.05, 0) is 26.7 Å². The molecule has 100 valence electrons. The molecule has 0 bridgehead atoms. The summed E-state index contributed by atoms with van der Waals surface area (Å²) in [4.78, 5) is 14.2. The van der Waals surface area contributed by atoms with Gasteiger partial charge in [-0.3, -0.25) is 14.3 Å². The normalized spacial score (nSPS) is 32.9. The Balaban J connectivity index is 2.83. The van der Waals surface area contributed by atoms with Gasteiger partial charge in [-0.25, -0.2) is 0 Å². The third kappa shape index (κ3) is 2.88. The van der Waals surface area contributed by atoms with Crippen LogP contribution in [0, 0.1) is 0 Å². The van der Waals surface area contributed by atoms with Gasteiger partial charge >= 0.3 is 0 Å². The summed E-state index contributed by atoms with van der Waals surface area (Å²) in [5.74, 6) is 0.143. The van der Waals surface area contributed by atoms with E-state index in [4.69, 9.17) is 0 Å². The first-order chi connectivity index (χ1) is 7.85. The number of carbonyl (C=O) groups is 1. The average molecular weight is 260 g/mol. The highest BCUT2D eigenvalue weighted by Crippen LogP contribution is 2.25. The van der Waals surface area contributed by atoms with Crippen molar-refractivity contribution < 1.29 is 9.00 Å². The lowest BCUT2D eigenvalue weighted by atomic mass is 9.99. The minimum atomic E-state index is -0.887. The lowest BCUT2D eigenvalue weighted by molar-refractivity contribution is -0.132. The molecule has 5 heteroatoms. The van der Waals surface area contributed by atoms with Crippen LogP contribution in [-0.4, -0.2) is 44.8 Å². The molecule has 4 atom stereocenters. The number of hydrogen-bond acceptors (Lipinski definition) is 3. The van der Waals surface area contributed by atoms with Gasteiger partial charge in [0, 0.05) is 28.9 Å². The molecule has 0 aromatic heterocycles. The van der Waals surface area contributed by atoms with E-state index in [0.29, 0.717) is 6.54 Å². The Morgan fingerprint density at radius 1 is 1.53 bits per heavy atom. The fraction of sp³-hybridized carbons (Fsp3) is 0.917. The number of rotatable bonds is 5. The predicted octanol–water partition coefficient (Wildman–Crippen LogP) is 1.09. The maximum Gasteiger partial charge on any atom is 0.243 e. The van der Waals surface area contributed by atoms with Crippen LogP contribution in [0.3, 0.4) is 0 Å². The summed E-state index contributed by atoms with van der Waals surface area (Å²) in [5, 5.41) is 3.41. The Kier molecular flexibility index (Phi) is 4.72. The van der Waals surface area contributed by atoms with E-state index in [-0.39, 0.29) is 17.3 Å². The van der Waals surface area contributed by atoms with Crippen molar-refractivity contribution in [3.8, 4) is 0 Å². The quantitative estimate of drug-likeness (QED) is 0.805. The SMILES string of the molecule is CCC1NC(C)(CC)C(=O)N1CC(C)S(C)=O. The second kappa shape index (κ2) is 5.48. The van der Waals surface area contributed by atoms with Crippen molar-refractivity contribution in [1.82, 2.24) is 10.2 Å². The maximum absolute atomic E-state index is 12.4. The van der Waals surface area contributed by atoms with Crippen LogP contribution in [0.2, 0.25) is 0 Å². The van der Waals surface area contributed by atoms with E-state index in [0.717, 1.165) is 12.8 Å². The highest BCUT2D eigenvalue weighted by molar-refractivity contribution is 7.84. The molecular formula is C12H24N2O2S. The van der Waals surface area contributed by atoms with Crippen LogP contribution < -0.4 is 5.32 Å². The van der Waals surface area contributed by atoms with Crippen LogP contribution in [0.4, 0.5) is 0 Å². The van der Waals surface area contributed by atoms with Crippen molar-refractivity contribution in [3.05, 3.63) is 0 Å². The number of carbonyl (C=O) groups excluding carboxylic acids is 1. The molecule has 0 aromatic rings. The fourth-order valence-electron chi connectivity index (χ4n) is 2.13. The molecule has 1 amide bonds. The van der Waals surface area contributed by atoms with Crippen molar-refractivity contribution in [2.45, 2.75) is 57.5 Å². The first-order valence-corrected chi connectivity index (χ1v) is 7.88. The molecule has 0 aliphatic carbocycles. The van der Waals surface area contributed by atoms with Crippen LogP contribution in [0.25, 0.3) is 0 Å². The molecule has 1 aliphatic heterocycles. The second-order valence-corrected chi connectivity index (χ2v) is 6.82. The molecule has 1 N–H and O–H groups in total. The highest BCUT2D eigenvalue weighted by Gasteiger charge is 2.46. The first kappa shape index (κ1) is 14.6. The Hall–Kier alpha value is -0.420.